The van der Waals surface area contributed by atoms with Gasteiger partial charge in [-0.1, -0.05) is 205 Å². The number of nitrogens with zero attached hydrogens (tertiary/aromatic N) is 1. The average molecular weight is 872 g/mol. The third-order valence-electron chi connectivity index (χ3n) is 15.3. The number of rotatable bonds is 3. The summed E-state index contributed by atoms with van der Waals surface area (Å²) < 4.78 is 0. The molecule has 326 valence electrons. The maximum absolute atomic E-state index is 2.58. The van der Waals surface area contributed by atoms with E-state index in [1.807, 2.05) is 0 Å². The van der Waals surface area contributed by atoms with Gasteiger partial charge in [0.1, 0.15) is 0 Å². The molecule has 1 aliphatic heterocycles. The van der Waals surface area contributed by atoms with E-state index in [1.165, 1.54) is 121 Å². The molecule has 1 heteroatoms. The maximum atomic E-state index is 2.58. The fourth-order valence-electron chi connectivity index (χ4n) is 12.0. The maximum Gasteiger partial charge on any atom is 0.0754 e. The van der Waals surface area contributed by atoms with E-state index in [9.17, 15) is 0 Å². The van der Waals surface area contributed by atoms with Crippen molar-refractivity contribution in [2.45, 2.75) is 57.8 Å². The number of benzene rings is 11. The lowest BCUT2D eigenvalue weighted by Gasteiger charge is -2.46. The second-order valence-electron chi connectivity index (χ2n) is 21.3. The topological polar surface area (TPSA) is 3.24 Å². The Labute approximate surface area is 400 Å². The van der Waals surface area contributed by atoms with Crippen LogP contribution in [0.25, 0.3) is 76.5 Å². The van der Waals surface area contributed by atoms with Crippen LogP contribution in [0.3, 0.4) is 0 Å². The summed E-state index contributed by atoms with van der Waals surface area (Å²) in [5, 5.41) is 10.1. The van der Waals surface area contributed by atoms with Crippen LogP contribution in [0.4, 0.5) is 17.1 Å². The highest BCUT2D eigenvalue weighted by molar-refractivity contribution is 6.15. The Bertz CT molecular complexity index is 3600. The molecule has 1 heterocycles. The van der Waals surface area contributed by atoms with Crippen LogP contribution in [-0.2, 0) is 16.2 Å². The van der Waals surface area contributed by atoms with E-state index in [0.717, 1.165) is 5.69 Å². The van der Waals surface area contributed by atoms with Crippen molar-refractivity contribution in [3.05, 3.63) is 246 Å². The van der Waals surface area contributed by atoms with E-state index in [2.05, 4.69) is 259 Å². The Morgan fingerprint density at radius 3 is 1.21 bits per heavy atom. The number of hydrogen-bond donors (Lipinski definition) is 0. The van der Waals surface area contributed by atoms with Crippen LogP contribution >= 0.6 is 0 Å². The van der Waals surface area contributed by atoms with Gasteiger partial charge in [0.15, 0.2) is 0 Å². The molecular formula is C67H53N. The van der Waals surface area contributed by atoms with Crippen molar-refractivity contribution in [3.63, 3.8) is 0 Å². The van der Waals surface area contributed by atoms with Crippen molar-refractivity contribution in [1.29, 1.82) is 0 Å². The number of para-hydroxylation sites is 1. The molecule has 1 nitrogen and oxygen atoms in total. The quantitative estimate of drug-likeness (QED) is 0.160. The molecule has 1 spiro atoms. The lowest BCUT2D eigenvalue weighted by atomic mass is 9.63. The second-order valence-corrected chi connectivity index (χ2v) is 21.3. The average Bonchev–Trinajstić information content (AvgIpc) is 3.63. The first-order valence-electron chi connectivity index (χ1n) is 24.2. The van der Waals surface area contributed by atoms with Gasteiger partial charge in [0.05, 0.1) is 16.8 Å². The lowest BCUT2D eigenvalue weighted by molar-refractivity contribution is 0.587. The molecule has 0 aromatic heterocycles. The molecule has 0 saturated heterocycles. The number of fused-ring (bicyclic) bond motifs is 13. The standard InChI is InChI=1S/C67H53N/c1-65(2,3)48-29-32-50(33-30-48)68-61-26-16-15-25-57(61)67(60-41-49(66(4,5)6)31-36-62(60)68)58-39-46(63-51-21-11-7-17-42(51)37-43-18-8-12-22-52(43)63)27-34-55(58)56-35-28-47(40-59(56)67)64-53-23-13-9-19-44(53)38-45-20-10-14-24-54(45)64/h7-41H,1-6H3. The summed E-state index contributed by atoms with van der Waals surface area (Å²) in [7, 11) is 0. The van der Waals surface area contributed by atoms with Gasteiger partial charge in [-0.05, 0) is 169 Å². The highest BCUT2D eigenvalue weighted by Gasteiger charge is 2.52. The normalized spacial score (nSPS) is 13.8. The first-order valence-corrected chi connectivity index (χ1v) is 24.2. The van der Waals surface area contributed by atoms with E-state index in [1.54, 1.807) is 0 Å². The summed E-state index contributed by atoms with van der Waals surface area (Å²) in [4.78, 5) is 2.54. The van der Waals surface area contributed by atoms with Crippen molar-refractivity contribution in [3.8, 4) is 33.4 Å². The highest BCUT2D eigenvalue weighted by atomic mass is 15.2. The van der Waals surface area contributed by atoms with E-state index < -0.39 is 5.41 Å². The molecule has 1 aliphatic carbocycles. The first-order chi connectivity index (χ1) is 33.0. The SMILES string of the molecule is CC(C)(C)c1ccc(N2c3ccccc3C3(c4cc(-c5c6ccccc6cc6ccccc56)ccc4-c4ccc(-c5c6ccccc6cc6ccccc56)cc43)c3cc(C(C)(C)C)ccc32)cc1. The predicted molar refractivity (Wildman–Crippen MR) is 290 cm³/mol. The Morgan fingerprint density at radius 1 is 0.324 bits per heavy atom. The van der Waals surface area contributed by atoms with Crippen molar-refractivity contribution in [2.24, 2.45) is 0 Å². The van der Waals surface area contributed by atoms with Crippen molar-refractivity contribution in [1.82, 2.24) is 0 Å². The predicted octanol–water partition coefficient (Wildman–Crippen LogP) is 18.4. The zero-order valence-electron chi connectivity index (χ0n) is 39.7. The Balaban J connectivity index is 1.17. The molecule has 68 heavy (non-hydrogen) atoms. The van der Waals surface area contributed by atoms with Gasteiger partial charge in [0.25, 0.3) is 0 Å². The summed E-state index contributed by atoms with van der Waals surface area (Å²) in [6.45, 7) is 13.9. The van der Waals surface area contributed by atoms with E-state index in [0.29, 0.717) is 0 Å². The molecule has 0 unspecified atom stereocenters. The van der Waals surface area contributed by atoms with Crippen molar-refractivity contribution < 1.29 is 0 Å². The number of hydrogen-bond acceptors (Lipinski definition) is 1. The fraction of sp³-hybridized carbons (Fsp3) is 0.134. The summed E-state index contributed by atoms with van der Waals surface area (Å²) in [6.07, 6.45) is 0. The van der Waals surface area contributed by atoms with Crippen LogP contribution in [0.2, 0.25) is 0 Å². The van der Waals surface area contributed by atoms with Crippen LogP contribution in [-0.4, -0.2) is 0 Å². The molecule has 0 radical (unpaired) electrons. The molecule has 0 amide bonds. The smallest absolute Gasteiger partial charge is 0.0754 e. The molecule has 0 saturated carbocycles. The molecule has 2 aliphatic rings. The monoisotopic (exact) mass is 871 g/mol. The van der Waals surface area contributed by atoms with Gasteiger partial charge >= 0.3 is 0 Å². The van der Waals surface area contributed by atoms with Gasteiger partial charge in [-0.2, -0.15) is 0 Å². The van der Waals surface area contributed by atoms with Crippen molar-refractivity contribution in [2.75, 3.05) is 4.90 Å². The Kier molecular flexibility index (Phi) is 8.72. The van der Waals surface area contributed by atoms with Gasteiger partial charge in [0.2, 0.25) is 0 Å². The Hall–Kier alpha value is -7.74. The molecular weight excluding hydrogens is 819 g/mol. The summed E-state index contributed by atoms with van der Waals surface area (Å²) in [5.41, 5.74) is 18.3. The van der Waals surface area contributed by atoms with Crippen LogP contribution in [0.5, 0.6) is 0 Å². The van der Waals surface area contributed by atoms with Crippen LogP contribution in [0.1, 0.15) is 74.9 Å². The molecule has 11 aromatic carbocycles. The molecule has 0 N–H and O–H groups in total. The third kappa shape index (κ3) is 5.88. The van der Waals surface area contributed by atoms with E-state index in [-0.39, 0.29) is 10.8 Å². The summed E-state index contributed by atoms with van der Waals surface area (Å²) >= 11 is 0. The first kappa shape index (κ1) is 40.5. The lowest BCUT2D eigenvalue weighted by Crippen LogP contribution is -2.36. The third-order valence-corrected chi connectivity index (χ3v) is 15.3. The van der Waals surface area contributed by atoms with Gasteiger partial charge in [-0.15, -0.1) is 0 Å². The van der Waals surface area contributed by atoms with Gasteiger partial charge < -0.3 is 4.90 Å². The van der Waals surface area contributed by atoms with E-state index >= 15 is 0 Å². The molecule has 0 atom stereocenters. The minimum absolute atomic E-state index is 0.0411. The van der Waals surface area contributed by atoms with Gasteiger partial charge in [-0.25, -0.2) is 0 Å². The second kappa shape index (κ2) is 14.6. The number of anilines is 3. The molecule has 0 bridgehead atoms. The molecule has 0 fully saturated rings. The summed E-state index contributed by atoms with van der Waals surface area (Å²) in [6, 6.07) is 81.2. The minimum atomic E-state index is -0.674. The largest absolute Gasteiger partial charge is 0.310 e. The summed E-state index contributed by atoms with van der Waals surface area (Å²) in [5.74, 6) is 0. The van der Waals surface area contributed by atoms with E-state index in [4.69, 9.17) is 0 Å². The zero-order valence-corrected chi connectivity index (χ0v) is 39.7. The van der Waals surface area contributed by atoms with Crippen molar-refractivity contribution >= 4 is 60.2 Å². The van der Waals surface area contributed by atoms with Gasteiger partial charge in [-0.3, -0.25) is 0 Å². The zero-order chi connectivity index (χ0) is 46.1. The molecule has 11 aromatic rings. The van der Waals surface area contributed by atoms with Crippen LogP contribution in [0.15, 0.2) is 212 Å². The van der Waals surface area contributed by atoms with Crippen LogP contribution in [0, 0.1) is 0 Å². The van der Waals surface area contributed by atoms with Gasteiger partial charge in [0, 0.05) is 5.69 Å². The fourth-order valence-corrected chi connectivity index (χ4v) is 12.0. The highest BCUT2D eigenvalue weighted by Crippen LogP contribution is 2.65. The molecule has 13 rings (SSSR count). The van der Waals surface area contributed by atoms with Crippen LogP contribution < -0.4 is 4.90 Å². The minimum Gasteiger partial charge on any atom is -0.310 e. The Morgan fingerprint density at radius 2 is 0.735 bits per heavy atom.